The number of rotatable bonds is 5. The number of nitro groups is 1. The van der Waals surface area contributed by atoms with Crippen LogP contribution in [0.15, 0.2) is 36.4 Å². The summed E-state index contributed by atoms with van der Waals surface area (Å²) in [5.41, 5.74) is 1.60. The molecule has 1 N–H and O–H groups in total. The minimum absolute atomic E-state index is 0.0193. The highest BCUT2D eigenvalue weighted by Gasteiger charge is 2.40. The Morgan fingerprint density at radius 1 is 0.886 bits per heavy atom. The van der Waals surface area contributed by atoms with Gasteiger partial charge in [0.05, 0.1) is 4.92 Å². The smallest absolute Gasteiger partial charge is 0.356 e. The minimum atomic E-state index is -1.05. The van der Waals surface area contributed by atoms with Crippen molar-refractivity contribution >= 4 is 23.2 Å². The van der Waals surface area contributed by atoms with E-state index in [4.69, 9.17) is 5.11 Å². The Hall–Kier alpha value is -3.27. The zero-order valence-electron chi connectivity index (χ0n) is 19.9. The fourth-order valence-electron chi connectivity index (χ4n) is 6.03. The second-order valence-corrected chi connectivity index (χ2v) is 10.1. The van der Waals surface area contributed by atoms with Crippen LogP contribution in [0.1, 0.15) is 49.0 Å². The van der Waals surface area contributed by atoms with E-state index in [9.17, 15) is 14.9 Å². The zero-order valence-corrected chi connectivity index (χ0v) is 19.9. The first-order chi connectivity index (χ1) is 16.9. The minimum Gasteiger partial charge on any atom is -0.476 e. The molecule has 10 nitrogen and oxygen atoms in total. The number of carboxylic acid groups (broad SMARTS) is 1. The lowest BCUT2D eigenvalue weighted by Gasteiger charge is -2.49. The van der Waals surface area contributed by atoms with Crippen LogP contribution in [0.2, 0.25) is 0 Å². The molecule has 1 saturated carbocycles. The zero-order chi connectivity index (χ0) is 24.4. The molecule has 10 heteroatoms. The van der Waals surface area contributed by atoms with Crippen molar-refractivity contribution in [3.05, 3.63) is 52.2 Å². The van der Waals surface area contributed by atoms with Gasteiger partial charge in [-0.2, -0.15) is 0 Å². The fraction of sp³-hybridized carbons (Fsp3) is 0.560. The van der Waals surface area contributed by atoms with Crippen molar-refractivity contribution in [2.45, 2.75) is 44.6 Å². The molecule has 2 aromatic rings. The summed E-state index contributed by atoms with van der Waals surface area (Å²) in [6, 6.07) is 10.8. The number of nitro benzene ring substituents is 1. The summed E-state index contributed by atoms with van der Waals surface area (Å²) in [5, 5.41) is 27.9. The van der Waals surface area contributed by atoms with Crippen molar-refractivity contribution in [3.63, 3.8) is 0 Å². The van der Waals surface area contributed by atoms with Crippen LogP contribution in [0.5, 0.6) is 0 Å². The summed E-state index contributed by atoms with van der Waals surface area (Å²) in [6.07, 6.45) is 7.30. The number of hydrogen-bond acceptors (Lipinski definition) is 8. The number of benzene rings is 1. The van der Waals surface area contributed by atoms with Crippen molar-refractivity contribution in [2.24, 2.45) is 5.41 Å². The Balaban J connectivity index is 1.08. The number of piperidine rings is 1. The van der Waals surface area contributed by atoms with Crippen LogP contribution in [0.25, 0.3) is 0 Å². The molecule has 2 aliphatic heterocycles. The monoisotopic (exact) mass is 480 g/mol. The highest BCUT2D eigenvalue weighted by atomic mass is 16.6. The van der Waals surface area contributed by atoms with Crippen LogP contribution in [0.4, 0.5) is 17.2 Å². The van der Waals surface area contributed by atoms with Gasteiger partial charge in [-0.15, -0.1) is 10.2 Å². The molecule has 0 unspecified atom stereocenters. The normalized spacial score (nSPS) is 21.3. The molecular formula is C25H32N6O4. The second kappa shape index (κ2) is 9.77. The molecule has 0 radical (unpaired) electrons. The summed E-state index contributed by atoms with van der Waals surface area (Å²) < 4.78 is 0. The molecule has 1 aromatic heterocycles. The first-order valence-electron chi connectivity index (χ1n) is 12.5. The highest BCUT2D eigenvalue weighted by Crippen LogP contribution is 2.46. The molecule has 1 spiro atoms. The Labute approximate surface area is 204 Å². The Kier molecular flexibility index (Phi) is 6.55. The molecule has 0 atom stereocenters. The van der Waals surface area contributed by atoms with Gasteiger partial charge in [-0.05, 0) is 68.2 Å². The van der Waals surface area contributed by atoms with Gasteiger partial charge in [-0.25, -0.2) is 4.79 Å². The molecule has 3 aliphatic rings. The Morgan fingerprint density at radius 3 is 2.09 bits per heavy atom. The molecule has 186 valence electrons. The first-order valence-corrected chi connectivity index (χ1v) is 12.5. The highest BCUT2D eigenvalue weighted by molar-refractivity contribution is 5.85. The van der Waals surface area contributed by atoms with Crippen molar-refractivity contribution in [2.75, 3.05) is 49.1 Å². The van der Waals surface area contributed by atoms with E-state index in [1.54, 1.807) is 18.2 Å². The SMILES string of the molecule is O=C(O)c1ccc(N2CCC3(CCC(N4CCN(c5ccc([N+](=O)[O-])cc5)CC4)CC3)CC2)nn1. The van der Waals surface area contributed by atoms with Crippen LogP contribution in [-0.2, 0) is 0 Å². The molecule has 2 saturated heterocycles. The quantitative estimate of drug-likeness (QED) is 0.507. The second-order valence-electron chi connectivity index (χ2n) is 10.1. The Morgan fingerprint density at radius 2 is 1.54 bits per heavy atom. The van der Waals surface area contributed by atoms with Gasteiger partial charge in [0.1, 0.15) is 0 Å². The van der Waals surface area contributed by atoms with E-state index in [2.05, 4.69) is 24.9 Å². The van der Waals surface area contributed by atoms with E-state index in [1.807, 2.05) is 12.1 Å². The topological polar surface area (TPSA) is 116 Å². The largest absolute Gasteiger partial charge is 0.476 e. The van der Waals surface area contributed by atoms with Gasteiger partial charge in [0.25, 0.3) is 5.69 Å². The van der Waals surface area contributed by atoms with Crippen LogP contribution < -0.4 is 9.80 Å². The van der Waals surface area contributed by atoms with Crippen molar-refractivity contribution in [1.82, 2.24) is 15.1 Å². The summed E-state index contributed by atoms with van der Waals surface area (Å²) in [5.74, 6) is -0.282. The van der Waals surface area contributed by atoms with Gasteiger partial charge in [0, 0.05) is 63.1 Å². The standard InChI is InChI=1S/C25H32N6O4/c32-24(33)22-5-6-23(27-26-22)30-13-11-25(12-14-30)9-7-20(8-10-25)29-17-15-28(16-18-29)19-1-3-21(4-2-19)31(34)35/h1-6,20H,7-18H2,(H,32,33). The van der Waals surface area contributed by atoms with E-state index in [0.29, 0.717) is 11.5 Å². The van der Waals surface area contributed by atoms with E-state index < -0.39 is 5.97 Å². The first kappa shape index (κ1) is 23.5. The molecule has 0 bridgehead atoms. The van der Waals surface area contributed by atoms with Crippen molar-refractivity contribution < 1.29 is 14.8 Å². The van der Waals surface area contributed by atoms with E-state index >= 15 is 0 Å². The van der Waals surface area contributed by atoms with Crippen LogP contribution in [-0.4, -0.2) is 76.4 Å². The van der Waals surface area contributed by atoms with E-state index in [-0.39, 0.29) is 16.3 Å². The van der Waals surface area contributed by atoms with Crippen LogP contribution in [0.3, 0.4) is 0 Å². The lowest BCUT2D eigenvalue weighted by Crippen LogP contribution is -2.52. The van der Waals surface area contributed by atoms with Gasteiger partial charge < -0.3 is 14.9 Å². The van der Waals surface area contributed by atoms with Crippen LogP contribution in [0, 0.1) is 15.5 Å². The number of non-ortho nitro benzene ring substituents is 1. The molecule has 35 heavy (non-hydrogen) atoms. The summed E-state index contributed by atoms with van der Waals surface area (Å²) in [7, 11) is 0. The molecular weight excluding hydrogens is 448 g/mol. The maximum absolute atomic E-state index is 11.0. The lowest BCUT2D eigenvalue weighted by atomic mass is 9.66. The average Bonchev–Trinajstić information content (AvgIpc) is 2.90. The third-order valence-electron chi connectivity index (χ3n) is 8.29. The number of nitrogens with zero attached hydrogens (tertiary/aromatic N) is 6. The molecule has 1 aromatic carbocycles. The number of carboxylic acids is 1. The fourth-order valence-corrected chi connectivity index (χ4v) is 6.03. The summed E-state index contributed by atoms with van der Waals surface area (Å²) in [6.45, 7) is 5.87. The Bertz CT molecular complexity index is 1030. The van der Waals surface area contributed by atoms with Crippen molar-refractivity contribution in [3.8, 4) is 0 Å². The van der Waals surface area contributed by atoms with Gasteiger partial charge in [-0.1, -0.05) is 0 Å². The third kappa shape index (κ3) is 5.07. The molecule has 0 amide bonds. The molecule has 1 aliphatic carbocycles. The van der Waals surface area contributed by atoms with Gasteiger partial charge in [-0.3, -0.25) is 15.0 Å². The number of hydrogen-bond donors (Lipinski definition) is 1. The predicted molar refractivity (Wildman–Crippen MR) is 132 cm³/mol. The van der Waals surface area contributed by atoms with Crippen molar-refractivity contribution in [1.29, 1.82) is 0 Å². The number of aromatic carboxylic acids is 1. The maximum Gasteiger partial charge on any atom is 0.356 e. The predicted octanol–water partition coefficient (Wildman–Crippen LogP) is 3.43. The molecule has 5 rings (SSSR count). The lowest BCUT2D eigenvalue weighted by molar-refractivity contribution is -0.384. The van der Waals surface area contributed by atoms with Gasteiger partial charge >= 0.3 is 5.97 Å². The third-order valence-corrected chi connectivity index (χ3v) is 8.29. The van der Waals surface area contributed by atoms with E-state index in [0.717, 1.165) is 63.6 Å². The number of aromatic nitrogens is 2. The molecule has 3 fully saturated rings. The summed E-state index contributed by atoms with van der Waals surface area (Å²) >= 11 is 0. The van der Waals surface area contributed by atoms with Gasteiger partial charge in [0.2, 0.25) is 0 Å². The van der Waals surface area contributed by atoms with E-state index in [1.165, 1.54) is 31.7 Å². The number of anilines is 2. The number of piperazine rings is 1. The molecule has 3 heterocycles. The summed E-state index contributed by atoms with van der Waals surface area (Å²) in [4.78, 5) is 28.7. The number of carbonyl (C=O) groups is 1. The average molecular weight is 481 g/mol. The maximum atomic E-state index is 11.0. The van der Waals surface area contributed by atoms with Crippen LogP contribution >= 0.6 is 0 Å². The van der Waals surface area contributed by atoms with Gasteiger partial charge in [0.15, 0.2) is 11.5 Å².